The summed E-state index contributed by atoms with van der Waals surface area (Å²) in [4.78, 5) is 0. The quantitative estimate of drug-likeness (QED) is 0.358. The second kappa shape index (κ2) is 12.6. The molecule has 32 heavy (non-hydrogen) atoms. The topological polar surface area (TPSA) is 0 Å². The fourth-order valence-corrected chi connectivity index (χ4v) is 7.64. The molecule has 180 valence electrons. The monoisotopic (exact) mass is 440 g/mol. The minimum Gasteiger partial charge on any atom is -0.246 e. The van der Waals surface area contributed by atoms with E-state index in [-0.39, 0.29) is 6.67 Å². The van der Waals surface area contributed by atoms with Gasteiger partial charge in [0.15, 0.2) is 0 Å². The molecule has 4 rings (SSSR count). The van der Waals surface area contributed by atoms with Crippen LogP contribution in [0.15, 0.2) is 24.3 Å². The van der Waals surface area contributed by atoms with Crippen LogP contribution in [0.25, 0.3) is 0 Å². The molecule has 3 aliphatic carbocycles. The highest BCUT2D eigenvalue weighted by molar-refractivity contribution is 5.22. The van der Waals surface area contributed by atoms with Gasteiger partial charge in [-0.3, -0.25) is 0 Å². The van der Waals surface area contributed by atoms with Crippen LogP contribution in [0.3, 0.4) is 0 Å². The molecule has 0 saturated heterocycles. The van der Waals surface area contributed by atoms with Crippen molar-refractivity contribution in [2.45, 2.75) is 123 Å². The lowest BCUT2D eigenvalue weighted by Crippen LogP contribution is -2.29. The Hall–Kier alpha value is -0.850. The Balaban J connectivity index is 1.11. The average Bonchev–Trinajstić information content (AvgIpc) is 2.87. The number of alkyl halides is 1. The van der Waals surface area contributed by atoms with Gasteiger partial charge in [0.05, 0.1) is 0 Å². The van der Waals surface area contributed by atoms with Gasteiger partial charge in [-0.05, 0) is 111 Å². The summed E-state index contributed by atoms with van der Waals surface area (Å²) in [5.41, 5.74) is 2.20. The first kappa shape index (κ1) is 24.3. The molecule has 0 heterocycles. The van der Waals surface area contributed by atoms with E-state index in [2.05, 4.69) is 19.1 Å². The molecule has 0 spiro atoms. The number of rotatable bonds is 9. The Labute approximate surface area is 198 Å². The van der Waals surface area contributed by atoms with Crippen LogP contribution in [0.1, 0.15) is 121 Å². The van der Waals surface area contributed by atoms with Crippen molar-refractivity contribution in [2.75, 3.05) is 0 Å². The number of halogens is 1. The van der Waals surface area contributed by atoms with Crippen LogP contribution in [-0.4, -0.2) is 0 Å². The van der Waals surface area contributed by atoms with Crippen LogP contribution in [0.5, 0.6) is 0 Å². The van der Waals surface area contributed by atoms with Crippen LogP contribution in [-0.2, 0) is 13.1 Å². The molecule has 0 unspecified atom stereocenters. The van der Waals surface area contributed by atoms with E-state index in [1.54, 1.807) is 25.7 Å². The molecule has 0 N–H and O–H groups in total. The van der Waals surface area contributed by atoms with Crippen LogP contribution in [0, 0.1) is 35.5 Å². The van der Waals surface area contributed by atoms with Crippen LogP contribution >= 0.6 is 0 Å². The summed E-state index contributed by atoms with van der Waals surface area (Å²) in [6.07, 6.45) is 25.1. The zero-order valence-corrected chi connectivity index (χ0v) is 20.9. The van der Waals surface area contributed by atoms with Crippen LogP contribution < -0.4 is 0 Å². The van der Waals surface area contributed by atoms with Crippen molar-refractivity contribution in [3.8, 4) is 0 Å². The third-order valence-corrected chi connectivity index (χ3v) is 9.92. The number of hydrogen-bond donors (Lipinski definition) is 0. The van der Waals surface area contributed by atoms with Crippen molar-refractivity contribution in [3.63, 3.8) is 0 Å². The van der Waals surface area contributed by atoms with Gasteiger partial charge in [0, 0.05) is 0 Å². The van der Waals surface area contributed by atoms with Crippen molar-refractivity contribution in [1.82, 2.24) is 0 Å². The Morgan fingerprint density at radius 1 is 0.594 bits per heavy atom. The molecule has 0 atom stereocenters. The molecule has 0 nitrogen and oxygen atoms in total. The molecule has 0 aliphatic heterocycles. The van der Waals surface area contributed by atoms with E-state index in [1.165, 1.54) is 89.0 Å². The van der Waals surface area contributed by atoms with Gasteiger partial charge in [0.25, 0.3) is 0 Å². The molecule has 0 bridgehead atoms. The molecule has 0 aromatic heterocycles. The van der Waals surface area contributed by atoms with E-state index >= 15 is 0 Å². The second-order valence-electron chi connectivity index (χ2n) is 11.9. The predicted molar refractivity (Wildman–Crippen MR) is 135 cm³/mol. The number of hydrogen-bond acceptors (Lipinski definition) is 0. The first-order chi connectivity index (χ1) is 15.7. The summed E-state index contributed by atoms with van der Waals surface area (Å²) in [5.74, 6) is 6.20. The third kappa shape index (κ3) is 6.83. The number of unbranched alkanes of at least 4 members (excludes halogenated alkanes) is 1. The van der Waals surface area contributed by atoms with Gasteiger partial charge in [-0.2, -0.15) is 0 Å². The normalized spacial score (nSPS) is 33.8. The highest BCUT2D eigenvalue weighted by Gasteiger charge is 2.34. The van der Waals surface area contributed by atoms with E-state index in [4.69, 9.17) is 0 Å². The SMILES string of the molecule is CCCCC1CCC(C2CCC(C3CCC(CCc4ccc(CF)cc4)CC3)CC2)CC1. The van der Waals surface area contributed by atoms with Gasteiger partial charge < -0.3 is 0 Å². The molecule has 1 aromatic rings. The lowest BCUT2D eigenvalue weighted by molar-refractivity contribution is 0.102. The first-order valence-electron chi connectivity index (χ1n) is 14.4. The molecule has 0 amide bonds. The molecular formula is C31H49F. The van der Waals surface area contributed by atoms with Gasteiger partial charge in [-0.1, -0.05) is 76.1 Å². The zero-order chi connectivity index (χ0) is 22.2. The van der Waals surface area contributed by atoms with E-state index in [0.717, 1.165) is 41.1 Å². The molecule has 1 heteroatoms. The van der Waals surface area contributed by atoms with Gasteiger partial charge >= 0.3 is 0 Å². The standard InChI is InChI=1S/C31H49F/c1-2-3-4-24-11-15-28(16-12-24)30-19-21-31(22-20-30)29-17-13-26(14-18-29)6-5-25-7-9-27(23-32)10-8-25/h7-10,24,26,28-31H,2-6,11-23H2,1H3. The number of aryl methyl sites for hydroxylation is 1. The summed E-state index contributed by atoms with van der Waals surface area (Å²) >= 11 is 0. The second-order valence-corrected chi connectivity index (χ2v) is 11.9. The van der Waals surface area contributed by atoms with Crippen molar-refractivity contribution >= 4 is 0 Å². The summed E-state index contributed by atoms with van der Waals surface area (Å²) in [5, 5.41) is 0. The zero-order valence-electron chi connectivity index (χ0n) is 20.9. The van der Waals surface area contributed by atoms with Gasteiger partial charge in [0.2, 0.25) is 0 Å². The summed E-state index contributed by atoms with van der Waals surface area (Å²) in [7, 11) is 0. The van der Waals surface area contributed by atoms with Gasteiger partial charge in [-0.15, -0.1) is 0 Å². The van der Waals surface area contributed by atoms with Crippen LogP contribution in [0.2, 0.25) is 0 Å². The lowest BCUT2D eigenvalue weighted by Gasteiger charge is -2.41. The van der Waals surface area contributed by atoms with Gasteiger partial charge in [0.1, 0.15) is 6.67 Å². The Kier molecular flexibility index (Phi) is 9.54. The molecule has 3 fully saturated rings. The van der Waals surface area contributed by atoms with Crippen molar-refractivity contribution in [1.29, 1.82) is 0 Å². The van der Waals surface area contributed by atoms with Crippen molar-refractivity contribution < 1.29 is 4.39 Å². The largest absolute Gasteiger partial charge is 0.246 e. The maximum atomic E-state index is 12.7. The summed E-state index contributed by atoms with van der Waals surface area (Å²) in [6, 6.07) is 8.19. The highest BCUT2D eigenvalue weighted by atomic mass is 19.1. The Morgan fingerprint density at radius 3 is 1.44 bits per heavy atom. The molecule has 3 saturated carbocycles. The predicted octanol–water partition coefficient (Wildman–Crippen LogP) is 9.70. The fraction of sp³-hybridized carbons (Fsp3) is 0.806. The Bertz CT molecular complexity index is 625. The summed E-state index contributed by atoms with van der Waals surface area (Å²) < 4.78 is 12.7. The maximum absolute atomic E-state index is 12.7. The third-order valence-electron chi connectivity index (χ3n) is 9.92. The van der Waals surface area contributed by atoms with E-state index in [0.29, 0.717) is 0 Å². The fourth-order valence-electron chi connectivity index (χ4n) is 7.64. The molecule has 3 aliphatic rings. The number of benzene rings is 1. The van der Waals surface area contributed by atoms with Crippen molar-refractivity contribution in [2.24, 2.45) is 35.5 Å². The minimum atomic E-state index is -0.341. The molecular weight excluding hydrogens is 391 g/mol. The van der Waals surface area contributed by atoms with E-state index in [1.807, 2.05) is 12.1 Å². The molecule has 0 radical (unpaired) electrons. The van der Waals surface area contributed by atoms with Crippen molar-refractivity contribution in [3.05, 3.63) is 35.4 Å². The highest BCUT2D eigenvalue weighted by Crippen LogP contribution is 2.46. The molecule has 1 aromatic carbocycles. The average molecular weight is 441 g/mol. The lowest BCUT2D eigenvalue weighted by atomic mass is 9.64. The minimum absolute atomic E-state index is 0.341. The Morgan fingerprint density at radius 2 is 1.00 bits per heavy atom. The maximum Gasteiger partial charge on any atom is 0.115 e. The van der Waals surface area contributed by atoms with Gasteiger partial charge in [-0.25, -0.2) is 4.39 Å². The van der Waals surface area contributed by atoms with E-state index in [9.17, 15) is 4.39 Å². The van der Waals surface area contributed by atoms with E-state index < -0.39 is 0 Å². The smallest absolute Gasteiger partial charge is 0.115 e. The summed E-state index contributed by atoms with van der Waals surface area (Å²) in [6.45, 7) is 2.00. The van der Waals surface area contributed by atoms with Crippen LogP contribution in [0.4, 0.5) is 4.39 Å². The first-order valence-corrected chi connectivity index (χ1v) is 14.4.